The lowest BCUT2D eigenvalue weighted by atomic mass is 9.95. The number of aromatic nitrogens is 4. The molecule has 0 atom stereocenters. The molecule has 4 aromatic heterocycles. The third-order valence-corrected chi connectivity index (χ3v) is 12.4. The summed E-state index contributed by atoms with van der Waals surface area (Å²) in [6, 6.07) is 71.0. The first kappa shape index (κ1) is 31.4. The summed E-state index contributed by atoms with van der Waals surface area (Å²) in [6.45, 7) is 0. The molecule has 0 amide bonds. The van der Waals surface area contributed by atoms with Gasteiger partial charge in [0.2, 0.25) is 0 Å². The number of H-pyrrole nitrogens is 2. The maximum Gasteiger partial charge on any atom is 0.0546 e. The summed E-state index contributed by atoms with van der Waals surface area (Å²) in [5.74, 6) is 0. The normalized spacial score (nSPS) is 12.1. The largest absolute Gasteiger partial charge is 0.354 e. The molecule has 0 saturated heterocycles. The Morgan fingerprint density at radius 3 is 1.02 bits per heavy atom. The zero-order chi connectivity index (χ0) is 37.9. The Hall–Kier alpha value is -7.82. The second-order valence-corrected chi connectivity index (χ2v) is 15.5. The molecular formula is C54H34N4. The molecule has 0 bridgehead atoms. The van der Waals surface area contributed by atoms with Crippen LogP contribution in [-0.4, -0.2) is 19.1 Å². The van der Waals surface area contributed by atoms with Crippen LogP contribution in [0.15, 0.2) is 194 Å². The molecule has 9 aromatic carbocycles. The van der Waals surface area contributed by atoms with Gasteiger partial charge in [-0.3, -0.25) is 0 Å². The first-order chi connectivity index (χ1) is 28.8. The van der Waals surface area contributed by atoms with Crippen molar-refractivity contribution in [3.8, 4) is 33.6 Å². The summed E-state index contributed by atoms with van der Waals surface area (Å²) in [6.07, 6.45) is 0. The molecule has 0 unspecified atom stereocenters. The second kappa shape index (κ2) is 11.8. The third-order valence-electron chi connectivity index (χ3n) is 12.4. The Kier molecular flexibility index (Phi) is 6.41. The van der Waals surface area contributed by atoms with Gasteiger partial charge in [0.1, 0.15) is 0 Å². The number of benzene rings is 9. The highest BCUT2D eigenvalue weighted by Crippen LogP contribution is 2.42. The molecule has 0 spiro atoms. The number of hydrogen-bond donors (Lipinski definition) is 2. The van der Waals surface area contributed by atoms with E-state index >= 15 is 0 Å². The minimum atomic E-state index is 1.13. The van der Waals surface area contributed by atoms with Crippen LogP contribution in [0.2, 0.25) is 0 Å². The number of fused-ring (bicyclic) bond motifs is 12. The lowest BCUT2D eigenvalue weighted by Crippen LogP contribution is -1.96. The van der Waals surface area contributed by atoms with Crippen LogP contribution in [0.4, 0.5) is 0 Å². The molecule has 2 N–H and O–H groups in total. The molecule has 0 radical (unpaired) electrons. The Balaban J connectivity index is 1.09. The molecular weight excluding hydrogens is 705 g/mol. The van der Waals surface area contributed by atoms with Crippen molar-refractivity contribution in [1.82, 2.24) is 19.1 Å². The van der Waals surface area contributed by atoms with Crippen LogP contribution in [0.25, 0.3) is 121 Å². The van der Waals surface area contributed by atoms with Crippen molar-refractivity contribution in [2.45, 2.75) is 0 Å². The second-order valence-electron chi connectivity index (χ2n) is 15.5. The predicted molar refractivity (Wildman–Crippen MR) is 245 cm³/mol. The quantitative estimate of drug-likeness (QED) is 0.181. The Bertz CT molecular complexity index is 3460. The van der Waals surface area contributed by atoms with Gasteiger partial charge < -0.3 is 19.1 Å². The molecule has 13 aromatic rings. The van der Waals surface area contributed by atoms with Gasteiger partial charge in [-0.15, -0.1) is 0 Å². The van der Waals surface area contributed by atoms with Crippen LogP contribution in [0.5, 0.6) is 0 Å². The first-order valence-electron chi connectivity index (χ1n) is 19.9. The van der Waals surface area contributed by atoms with Crippen LogP contribution in [0, 0.1) is 0 Å². The number of para-hydroxylation sites is 6. The fourth-order valence-electron chi connectivity index (χ4n) is 9.84. The van der Waals surface area contributed by atoms with Crippen LogP contribution in [-0.2, 0) is 0 Å². The van der Waals surface area contributed by atoms with Crippen molar-refractivity contribution in [3.63, 3.8) is 0 Å². The Morgan fingerprint density at radius 1 is 0.276 bits per heavy atom. The minimum Gasteiger partial charge on any atom is -0.354 e. The third kappa shape index (κ3) is 4.40. The van der Waals surface area contributed by atoms with Crippen molar-refractivity contribution >= 4 is 87.2 Å². The Labute approximate surface area is 332 Å². The Morgan fingerprint density at radius 2 is 0.621 bits per heavy atom. The van der Waals surface area contributed by atoms with Gasteiger partial charge in [0.05, 0.1) is 33.1 Å². The van der Waals surface area contributed by atoms with E-state index in [1.165, 1.54) is 76.3 Å². The molecule has 4 heterocycles. The summed E-state index contributed by atoms with van der Waals surface area (Å²) >= 11 is 0. The van der Waals surface area contributed by atoms with Crippen molar-refractivity contribution in [2.75, 3.05) is 0 Å². The van der Waals surface area contributed by atoms with E-state index in [1.807, 2.05) is 0 Å². The summed E-state index contributed by atoms with van der Waals surface area (Å²) in [5, 5.41) is 9.88. The SMILES string of the molecule is c1cc(-c2cc(-n3c4ccccc4c4ccccc43)cc3c2[nH]c2ccccc23)cc(-c2cc(-n3c4ccccc4c4ccccc43)cc3c2[nH]c2ccccc23)c1. The molecule has 4 nitrogen and oxygen atoms in total. The maximum atomic E-state index is 3.84. The summed E-state index contributed by atoms with van der Waals surface area (Å²) in [7, 11) is 0. The highest BCUT2D eigenvalue weighted by Gasteiger charge is 2.20. The summed E-state index contributed by atoms with van der Waals surface area (Å²) in [4.78, 5) is 7.68. The van der Waals surface area contributed by atoms with Crippen molar-refractivity contribution in [3.05, 3.63) is 194 Å². The van der Waals surface area contributed by atoms with E-state index in [9.17, 15) is 0 Å². The standard InChI is InChI=1S/C54H34N4/c1-7-22-47-37(16-1)45-31-35(57-49-24-9-3-18-39(49)40-19-4-10-25-50(40)57)29-43(53(45)55-47)33-14-13-15-34(28-33)44-30-36(32-46-38-17-2-8-23-48(38)56-54(44)46)58-51-26-11-5-20-41(51)42-21-6-12-27-52(42)58/h1-32,55-56H. The smallest absolute Gasteiger partial charge is 0.0546 e. The number of aromatic amines is 2. The van der Waals surface area contributed by atoms with E-state index in [2.05, 4.69) is 213 Å². The van der Waals surface area contributed by atoms with E-state index in [0.717, 1.165) is 44.6 Å². The number of hydrogen-bond acceptors (Lipinski definition) is 0. The number of rotatable bonds is 4. The van der Waals surface area contributed by atoms with E-state index in [-0.39, 0.29) is 0 Å². The molecule has 4 heteroatoms. The predicted octanol–water partition coefficient (Wildman–Crippen LogP) is 14.5. The van der Waals surface area contributed by atoms with Gasteiger partial charge in [0.15, 0.2) is 0 Å². The van der Waals surface area contributed by atoms with E-state index < -0.39 is 0 Å². The summed E-state index contributed by atoms with van der Waals surface area (Å²) < 4.78 is 4.87. The molecule has 13 rings (SSSR count). The molecule has 0 fully saturated rings. The molecule has 0 saturated carbocycles. The zero-order valence-electron chi connectivity index (χ0n) is 31.4. The maximum absolute atomic E-state index is 3.84. The monoisotopic (exact) mass is 738 g/mol. The van der Waals surface area contributed by atoms with Gasteiger partial charge in [-0.1, -0.05) is 127 Å². The molecule has 270 valence electrons. The van der Waals surface area contributed by atoms with Gasteiger partial charge in [0, 0.05) is 76.6 Å². The molecule has 58 heavy (non-hydrogen) atoms. The lowest BCUT2D eigenvalue weighted by Gasteiger charge is -2.15. The minimum absolute atomic E-state index is 1.13. The molecule has 0 aliphatic heterocycles. The van der Waals surface area contributed by atoms with Gasteiger partial charge in [-0.2, -0.15) is 0 Å². The van der Waals surface area contributed by atoms with Crippen molar-refractivity contribution in [2.24, 2.45) is 0 Å². The average molecular weight is 739 g/mol. The van der Waals surface area contributed by atoms with Crippen LogP contribution >= 0.6 is 0 Å². The van der Waals surface area contributed by atoms with Crippen molar-refractivity contribution in [1.29, 1.82) is 0 Å². The van der Waals surface area contributed by atoms with E-state index in [4.69, 9.17) is 0 Å². The van der Waals surface area contributed by atoms with E-state index in [1.54, 1.807) is 0 Å². The molecule has 0 aliphatic carbocycles. The van der Waals surface area contributed by atoms with Gasteiger partial charge in [-0.25, -0.2) is 0 Å². The number of nitrogens with one attached hydrogen (secondary N) is 2. The first-order valence-corrected chi connectivity index (χ1v) is 19.9. The fourth-order valence-corrected chi connectivity index (χ4v) is 9.84. The van der Waals surface area contributed by atoms with Gasteiger partial charge in [-0.05, 0) is 77.9 Å². The van der Waals surface area contributed by atoms with Crippen LogP contribution in [0.1, 0.15) is 0 Å². The highest BCUT2D eigenvalue weighted by molar-refractivity contribution is 6.16. The topological polar surface area (TPSA) is 41.4 Å². The van der Waals surface area contributed by atoms with Crippen LogP contribution < -0.4 is 0 Å². The lowest BCUT2D eigenvalue weighted by molar-refractivity contribution is 1.19. The van der Waals surface area contributed by atoms with E-state index in [0.29, 0.717) is 0 Å². The summed E-state index contributed by atoms with van der Waals surface area (Å²) in [5.41, 5.74) is 16.3. The van der Waals surface area contributed by atoms with Gasteiger partial charge in [0.25, 0.3) is 0 Å². The van der Waals surface area contributed by atoms with Crippen molar-refractivity contribution < 1.29 is 0 Å². The fraction of sp³-hybridized carbons (Fsp3) is 0. The number of nitrogens with zero attached hydrogens (tertiary/aromatic N) is 2. The van der Waals surface area contributed by atoms with Gasteiger partial charge >= 0.3 is 0 Å². The van der Waals surface area contributed by atoms with Crippen LogP contribution in [0.3, 0.4) is 0 Å². The molecule has 0 aliphatic rings. The highest BCUT2D eigenvalue weighted by atomic mass is 15.0. The average Bonchev–Trinajstić information content (AvgIpc) is 4.04. The zero-order valence-corrected chi connectivity index (χ0v) is 31.4.